The lowest BCUT2D eigenvalue weighted by atomic mass is 10.0. The van der Waals surface area contributed by atoms with Gasteiger partial charge in [0.1, 0.15) is 0 Å². The van der Waals surface area contributed by atoms with Crippen LogP contribution in [0.4, 0.5) is 0 Å². The van der Waals surface area contributed by atoms with Gasteiger partial charge in [-0.2, -0.15) is 0 Å². The van der Waals surface area contributed by atoms with E-state index in [1.807, 2.05) is 25.1 Å². The van der Waals surface area contributed by atoms with Crippen molar-refractivity contribution < 1.29 is 14.7 Å². The highest BCUT2D eigenvalue weighted by Crippen LogP contribution is 2.10. The number of ketones is 1. The fourth-order valence-corrected chi connectivity index (χ4v) is 1.32. The van der Waals surface area contributed by atoms with Crippen molar-refractivity contribution in [3.8, 4) is 0 Å². The van der Waals surface area contributed by atoms with Crippen LogP contribution in [0.2, 0.25) is 0 Å². The molecule has 0 aliphatic heterocycles. The van der Waals surface area contributed by atoms with Crippen molar-refractivity contribution in [3.05, 3.63) is 35.4 Å². The van der Waals surface area contributed by atoms with Gasteiger partial charge in [-0.15, -0.1) is 0 Å². The van der Waals surface area contributed by atoms with E-state index in [0.29, 0.717) is 0 Å². The Morgan fingerprint density at radius 2 is 1.79 bits per heavy atom. The third-order valence-corrected chi connectivity index (χ3v) is 2.09. The Hall–Kier alpha value is -1.64. The van der Waals surface area contributed by atoms with Crippen molar-refractivity contribution in [2.75, 3.05) is 0 Å². The summed E-state index contributed by atoms with van der Waals surface area (Å²) in [5.74, 6) is -2.12. The Morgan fingerprint density at radius 3 is 2.29 bits per heavy atom. The maximum atomic E-state index is 11.0. The van der Waals surface area contributed by atoms with E-state index in [1.54, 1.807) is 6.07 Å². The molecule has 3 heteroatoms. The second kappa shape index (κ2) is 4.56. The summed E-state index contributed by atoms with van der Waals surface area (Å²) in [7, 11) is 0. The van der Waals surface area contributed by atoms with Gasteiger partial charge in [-0.1, -0.05) is 31.2 Å². The molecule has 0 unspecified atom stereocenters. The van der Waals surface area contributed by atoms with E-state index in [-0.39, 0.29) is 6.42 Å². The first-order valence-corrected chi connectivity index (χ1v) is 4.48. The number of carbonyl (C=O) groups is 2. The van der Waals surface area contributed by atoms with E-state index < -0.39 is 11.8 Å². The van der Waals surface area contributed by atoms with Crippen molar-refractivity contribution in [2.45, 2.75) is 19.8 Å². The van der Waals surface area contributed by atoms with Crippen molar-refractivity contribution in [3.63, 3.8) is 0 Å². The Balaban J connectivity index is 2.85. The van der Waals surface area contributed by atoms with Gasteiger partial charge in [0.15, 0.2) is 0 Å². The van der Waals surface area contributed by atoms with E-state index in [9.17, 15) is 9.59 Å². The largest absolute Gasteiger partial charge is 0.475 e. The minimum absolute atomic E-state index is 0.0145. The lowest BCUT2D eigenvalue weighted by molar-refractivity contribution is -0.148. The molecule has 3 nitrogen and oxygen atoms in total. The average Bonchev–Trinajstić information content (AvgIpc) is 2.18. The monoisotopic (exact) mass is 192 g/mol. The summed E-state index contributed by atoms with van der Waals surface area (Å²) in [5.41, 5.74) is 1.84. The first-order chi connectivity index (χ1) is 6.65. The lowest BCUT2D eigenvalue weighted by Gasteiger charge is -2.04. The zero-order valence-corrected chi connectivity index (χ0v) is 7.99. The fraction of sp³-hybridized carbons (Fsp3) is 0.273. The molecular weight excluding hydrogens is 180 g/mol. The molecule has 1 rings (SSSR count). The van der Waals surface area contributed by atoms with Crippen molar-refractivity contribution in [1.82, 2.24) is 0 Å². The quantitative estimate of drug-likeness (QED) is 0.734. The molecule has 0 radical (unpaired) electrons. The maximum absolute atomic E-state index is 11.0. The topological polar surface area (TPSA) is 54.4 Å². The molecule has 0 amide bonds. The molecular formula is C11H12O3. The Morgan fingerprint density at radius 1 is 1.21 bits per heavy atom. The summed E-state index contributed by atoms with van der Waals surface area (Å²) in [5, 5.41) is 8.46. The van der Waals surface area contributed by atoms with Crippen LogP contribution in [0.15, 0.2) is 24.3 Å². The summed E-state index contributed by atoms with van der Waals surface area (Å²) in [6.45, 7) is 1.98. The van der Waals surface area contributed by atoms with Crippen LogP contribution in [0.1, 0.15) is 18.1 Å². The molecule has 0 saturated carbocycles. The van der Waals surface area contributed by atoms with Crippen LogP contribution >= 0.6 is 0 Å². The van der Waals surface area contributed by atoms with E-state index in [0.717, 1.165) is 17.5 Å². The number of hydrogen-bond donors (Lipinski definition) is 1. The van der Waals surface area contributed by atoms with Gasteiger partial charge in [-0.05, 0) is 17.5 Å². The van der Waals surface area contributed by atoms with Gasteiger partial charge in [0.25, 0.3) is 0 Å². The van der Waals surface area contributed by atoms with Gasteiger partial charge in [0.2, 0.25) is 5.78 Å². The van der Waals surface area contributed by atoms with E-state index >= 15 is 0 Å². The van der Waals surface area contributed by atoms with Gasteiger partial charge in [0.05, 0.1) is 0 Å². The van der Waals surface area contributed by atoms with Gasteiger partial charge in [-0.3, -0.25) is 4.79 Å². The van der Waals surface area contributed by atoms with Gasteiger partial charge in [0, 0.05) is 6.42 Å². The first kappa shape index (κ1) is 10.4. The van der Waals surface area contributed by atoms with Gasteiger partial charge < -0.3 is 5.11 Å². The Labute approximate surface area is 82.4 Å². The number of Topliss-reactive ketones (excluding diaryl/α,β-unsaturated/α-hetero) is 1. The summed E-state index contributed by atoms with van der Waals surface area (Å²) in [6.07, 6.45) is 0.794. The SMILES string of the molecule is CCc1ccccc1CC(=O)C(=O)O. The highest BCUT2D eigenvalue weighted by atomic mass is 16.4. The van der Waals surface area contributed by atoms with Crippen LogP contribution in [0.5, 0.6) is 0 Å². The number of benzene rings is 1. The average molecular weight is 192 g/mol. The molecule has 0 aliphatic rings. The highest BCUT2D eigenvalue weighted by molar-refractivity contribution is 6.33. The molecule has 0 bridgehead atoms. The second-order valence-corrected chi connectivity index (χ2v) is 3.03. The molecule has 14 heavy (non-hydrogen) atoms. The number of carboxylic acid groups (broad SMARTS) is 1. The molecule has 0 aromatic heterocycles. The Kier molecular flexibility index (Phi) is 3.40. The number of hydrogen-bond acceptors (Lipinski definition) is 2. The minimum Gasteiger partial charge on any atom is -0.475 e. The Bertz CT molecular complexity index is 355. The molecule has 0 atom stereocenters. The van der Waals surface area contributed by atoms with Crippen molar-refractivity contribution in [1.29, 1.82) is 0 Å². The first-order valence-electron chi connectivity index (χ1n) is 4.48. The summed E-state index contributed by atoms with van der Waals surface area (Å²) in [6, 6.07) is 7.39. The molecule has 0 spiro atoms. The molecule has 1 aromatic carbocycles. The standard InChI is InChI=1S/C11H12O3/c1-2-8-5-3-4-6-9(8)7-10(12)11(13)14/h3-6H,2,7H2,1H3,(H,13,14). The summed E-state index contributed by atoms with van der Waals surface area (Å²) >= 11 is 0. The van der Waals surface area contributed by atoms with Gasteiger partial charge >= 0.3 is 5.97 Å². The predicted octanol–water partition coefficient (Wildman–Crippen LogP) is 1.45. The van der Waals surface area contributed by atoms with Crippen LogP contribution in [-0.2, 0) is 22.4 Å². The molecule has 0 fully saturated rings. The van der Waals surface area contributed by atoms with E-state index in [2.05, 4.69) is 0 Å². The molecule has 1 aromatic rings. The minimum atomic E-state index is -1.36. The normalized spacial score (nSPS) is 9.79. The van der Waals surface area contributed by atoms with E-state index in [4.69, 9.17) is 5.11 Å². The van der Waals surface area contributed by atoms with Gasteiger partial charge in [-0.25, -0.2) is 4.79 Å². The molecule has 0 saturated heterocycles. The third kappa shape index (κ3) is 2.42. The van der Waals surface area contributed by atoms with Crippen LogP contribution in [-0.4, -0.2) is 16.9 Å². The number of aryl methyl sites for hydroxylation is 1. The maximum Gasteiger partial charge on any atom is 0.372 e. The van der Waals surface area contributed by atoms with E-state index in [1.165, 1.54) is 0 Å². The molecule has 1 N–H and O–H groups in total. The van der Waals surface area contributed by atoms with Crippen LogP contribution in [0, 0.1) is 0 Å². The van der Waals surface area contributed by atoms with Crippen LogP contribution in [0.25, 0.3) is 0 Å². The smallest absolute Gasteiger partial charge is 0.372 e. The number of rotatable bonds is 4. The number of carboxylic acids is 1. The number of carbonyl (C=O) groups excluding carboxylic acids is 1. The van der Waals surface area contributed by atoms with Crippen molar-refractivity contribution in [2.24, 2.45) is 0 Å². The summed E-state index contributed by atoms with van der Waals surface area (Å²) in [4.78, 5) is 21.3. The third-order valence-electron chi connectivity index (χ3n) is 2.09. The van der Waals surface area contributed by atoms with Crippen LogP contribution < -0.4 is 0 Å². The molecule has 0 heterocycles. The summed E-state index contributed by atoms with van der Waals surface area (Å²) < 4.78 is 0. The highest BCUT2D eigenvalue weighted by Gasteiger charge is 2.13. The lowest BCUT2D eigenvalue weighted by Crippen LogP contribution is -2.15. The van der Waals surface area contributed by atoms with Crippen LogP contribution in [0.3, 0.4) is 0 Å². The second-order valence-electron chi connectivity index (χ2n) is 3.03. The molecule has 74 valence electrons. The zero-order chi connectivity index (χ0) is 10.6. The fourth-order valence-electron chi connectivity index (χ4n) is 1.32. The predicted molar refractivity (Wildman–Crippen MR) is 52.2 cm³/mol. The molecule has 0 aliphatic carbocycles. The van der Waals surface area contributed by atoms with Crippen molar-refractivity contribution >= 4 is 11.8 Å². The zero-order valence-electron chi connectivity index (χ0n) is 7.99. The number of aliphatic carboxylic acids is 1.